The Balaban J connectivity index is 2.57. The van der Waals surface area contributed by atoms with Crippen molar-refractivity contribution in [2.75, 3.05) is 19.3 Å². The lowest BCUT2D eigenvalue weighted by atomic mass is 10.3. The first-order chi connectivity index (χ1) is 5.24. The molecule has 0 bridgehead atoms. The van der Waals surface area contributed by atoms with Crippen LogP contribution in [0.4, 0.5) is 0 Å². The minimum Gasteiger partial charge on any atom is -0.368 e. The molecule has 1 aliphatic rings. The molecule has 0 amide bonds. The number of hydrogen-bond acceptors (Lipinski definition) is 3. The Morgan fingerprint density at radius 2 is 2.55 bits per heavy atom. The second kappa shape index (κ2) is 3.81. The Labute approximate surface area is 71.6 Å². The first-order valence-electron chi connectivity index (χ1n) is 3.82. The van der Waals surface area contributed by atoms with E-state index in [0.717, 1.165) is 17.3 Å². The van der Waals surface area contributed by atoms with E-state index in [0.29, 0.717) is 6.42 Å². The fourth-order valence-corrected chi connectivity index (χ4v) is 2.00. The zero-order valence-corrected chi connectivity index (χ0v) is 7.78. The smallest absolute Gasteiger partial charge is 0.158 e. The molecule has 62 valence electrons. The average Bonchev–Trinajstić information content (AvgIpc) is 2.37. The molecule has 0 aromatic heterocycles. The Kier molecular flexibility index (Phi) is 3.00. The number of allylic oxidation sites excluding steroid dienone is 1. The van der Waals surface area contributed by atoms with Crippen LogP contribution < -0.4 is 0 Å². The summed E-state index contributed by atoms with van der Waals surface area (Å²) in [6.07, 6.45) is 2.36. The lowest BCUT2D eigenvalue weighted by Gasteiger charge is -2.09. The third-order valence-electron chi connectivity index (χ3n) is 1.69. The summed E-state index contributed by atoms with van der Waals surface area (Å²) < 4.78 is 0. The Morgan fingerprint density at radius 1 is 1.82 bits per heavy atom. The second-order valence-corrected chi connectivity index (χ2v) is 3.69. The van der Waals surface area contributed by atoms with E-state index in [9.17, 15) is 4.79 Å². The molecule has 3 heteroatoms. The van der Waals surface area contributed by atoms with Crippen LogP contribution in [0.15, 0.2) is 11.1 Å². The molecule has 0 saturated carbocycles. The van der Waals surface area contributed by atoms with Crippen molar-refractivity contribution >= 4 is 17.5 Å². The van der Waals surface area contributed by atoms with Gasteiger partial charge in [0.1, 0.15) is 0 Å². The standard InChI is InChI=1S/C8H13NOS/c1-3-7(10)6-8-9(2)4-5-11-8/h6H,3-5H2,1-2H3/b8-6+. The quantitative estimate of drug-likeness (QED) is 0.587. The van der Waals surface area contributed by atoms with Gasteiger partial charge in [-0.3, -0.25) is 4.79 Å². The largest absolute Gasteiger partial charge is 0.368 e. The van der Waals surface area contributed by atoms with Gasteiger partial charge in [-0.2, -0.15) is 0 Å². The van der Waals surface area contributed by atoms with Crippen molar-refractivity contribution in [2.45, 2.75) is 13.3 Å². The number of carbonyl (C=O) groups is 1. The number of thioether (sulfide) groups is 1. The molecule has 1 rings (SSSR count). The van der Waals surface area contributed by atoms with Crippen LogP contribution in [0.2, 0.25) is 0 Å². The van der Waals surface area contributed by atoms with E-state index in [2.05, 4.69) is 4.90 Å². The van der Waals surface area contributed by atoms with Crippen molar-refractivity contribution in [3.63, 3.8) is 0 Å². The summed E-state index contributed by atoms with van der Waals surface area (Å²) in [5.74, 6) is 1.33. The molecule has 1 fully saturated rings. The van der Waals surface area contributed by atoms with Crippen LogP contribution in [0.25, 0.3) is 0 Å². The SMILES string of the molecule is CCC(=O)/C=C1/SCCN1C. The van der Waals surface area contributed by atoms with Gasteiger partial charge in [-0.1, -0.05) is 6.92 Å². The molecule has 0 radical (unpaired) electrons. The number of nitrogens with zero attached hydrogens (tertiary/aromatic N) is 1. The molecule has 0 aliphatic carbocycles. The van der Waals surface area contributed by atoms with E-state index in [1.807, 2.05) is 14.0 Å². The predicted molar refractivity (Wildman–Crippen MR) is 48.5 cm³/mol. The first kappa shape index (κ1) is 8.65. The van der Waals surface area contributed by atoms with Gasteiger partial charge < -0.3 is 4.90 Å². The Morgan fingerprint density at radius 3 is 3.00 bits per heavy atom. The first-order valence-corrected chi connectivity index (χ1v) is 4.81. The summed E-state index contributed by atoms with van der Waals surface area (Å²) in [6, 6.07) is 0. The van der Waals surface area contributed by atoms with Crippen LogP contribution >= 0.6 is 11.8 Å². The van der Waals surface area contributed by atoms with Crippen LogP contribution in [0, 0.1) is 0 Å². The van der Waals surface area contributed by atoms with E-state index in [1.54, 1.807) is 17.8 Å². The number of hydrogen-bond donors (Lipinski definition) is 0. The maximum Gasteiger partial charge on any atom is 0.158 e. The molecule has 11 heavy (non-hydrogen) atoms. The lowest BCUT2D eigenvalue weighted by molar-refractivity contribution is -0.114. The topological polar surface area (TPSA) is 20.3 Å². The molecule has 2 nitrogen and oxygen atoms in total. The van der Waals surface area contributed by atoms with Crippen molar-refractivity contribution < 1.29 is 4.79 Å². The fourth-order valence-electron chi connectivity index (χ4n) is 0.899. The van der Waals surface area contributed by atoms with Gasteiger partial charge in [0.25, 0.3) is 0 Å². The second-order valence-electron chi connectivity index (χ2n) is 2.57. The van der Waals surface area contributed by atoms with Crippen molar-refractivity contribution in [1.29, 1.82) is 0 Å². The van der Waals surface area contributed by atoms with Crippen molar-refractivity contribution in [2.24, 2.45) is 0 Å². The maximum atomic E-state index is 11.0. The normalized spacial score (nSPS) is 21.3. The van der Waals surface area contributed by atoms with Crippen LogP contribution in [-0.2, 0) is 4.79 Å². The van der Waals surface area contributed by atoms with Crippen LogP contribution in [-0.4, -0.2) is 30.0 Å². The van der Waals surface area contributed by atoms with E-state index < -0.39 is 0 Å². The summed E-state index contributed by atoms with van der Waals surface area (Å²) in [7, 11) is 2.02. The van der Waals surface area contributed by atoms with E-state index in [1.165, 1.54) is 0 Å². The van der Waals surface area contributed by atoms with Crippen LogP contribution in [0.3, 0.4) is 0 Å². The molecule has 0 aromatic rings. The summed E-state index contributed by atoms with van der Waals surface area (Å²) in [5, 5.41) is 1.12. The van der Waals surface area contributed by atoms with Gasteiger partial charge in [-0.25, -0.2) is 0 Å². The van der Waals surface area contributed by atoms with Crippen molar-refractivity contribution in [3.05, 3.63) is 11.1 Å². The molecular weight excluding hydrogens is 158 g/mol. The number of ketones is 1. The molecule has 0 aromatic carbocycles. The molecule has 0 unspecified atom stereocenters. The minimum atomic E-state index is 0.223. The highest BCUT2D eigenvalue weighted by Gasteiger charge is 2.13. The van der Waals surface area contributed by atoms with Gasteiger partial charge >= 0.3 is 0 Å². The highest BCUT2D eigenvalue weighted by Crippen LogP contribution is 2.25. The third-order valence-corrected chi connectivity index (χ3v) is 2.80. The Bertz CT molecular complexity index is 189. The molecule has 0 spiro atoms. The average molecular weight is 171 g/mol. The highest BCUT2D eigenvalue weighted by molar-refractivity contribution is 8.03. The van der Waals surface area contributed by atoms with Gasteiger partial charge in [0.15, 0.2) is 5.78 Å². The van der Waals surface area contributed by atoms with Crippen molar-refractivity contribution in [3.8, 4) is 0 Å². The summed E-state index contributed by atoms with van der Waals surface area (Å²) in [5.41, 5.74) is 0. The molecule has 1 saturated heterocycles. The zero-order valence-electron chi connectivity index (χ0n) is 6.96. The number of rotatable bonds is 2. The summed E-state index contributed by atoms with van der Waals surface area (Å²) in [4.78, 5) is 13.1. The van der Waals surface area contributed by atoms with E-state index in [4.69, 9.17) is 0 Å². The maximum absolute atomic E-state index is 11.0. The molecular formula is C8H13NOS. The highest BCUT2D eigenvalue weighted by atomic mass is 32.2. The lowest BCUT2D eigenvalue weighted by Crippen LogP contribution is -2.11. The van der Waals surface area contributed by atoms with Gasteiger partial charge in [0.2, 0.25) is 0 Å². The summed E-state index contributed by atoms with van der Waals surface area (Å²) in [6.45, 7) is 2.95. The van der Waals surface area contributed by atoms with Crippen molar-refractivity contribution in [1.82, 2.24) is 4.90 Å². The van der Waals surface area contributed by atoms with Gasteiger partial charge in [-0.15, -0.1) is 11.8 Å². The van der Waals surface area contributed by atoms with E-state index >= 15 is 0 Å². The monoisotopic (exact) mass is 171 g/mol. The van der Waals surface area contributed by atoms with Crippen LogP contribution in [0.5, 0.6) is 0 Å². The van der Waals surface area contributed by atoms with Gasteiger partial charge in [0, 0.05) is 31.8 Å². The van der Waals surface area contributed by atoms with Crippen LogP contribution in [0.1, 0.15) is 13.3 Å². The molecule has 1 heterocycles. The summed E-state index contributed by atoms with van der Waals surface area (Å²) >= 11 is 1.76. The third kappa shape index (κ3) is 2.26. The van der Waals surface area contributed by atoms with E-state index in [-0.39, 0.29) is 5.78 Å². The predicted octanol–water partition coefficient (Wildman–Crippen LogP) is 1.49. The Hall–Kier alpha value is -0.440. The zero-order chi connectivity index (χ0) is 8.27. The van der Waals surface area contributed by atoms with Gasteiger partial charge in [0.05, 0.1) is 5.03 Å². The minimum absolute atomic E-state index is 0.223. The number of carbonyl (C=O) groups excluding carboxylic acids is 1. The molecule has 1 aliphatic heterocycles. The molecule has 0 atom stereocenters. The molecule has 0 N–H and O–H groups in total. The fraction of sp³-hybridized carbons (Fsp3) is 0.625. The van der Waals surface area contributed by atoms with Gasteiger partial charge in [-0.05, 0) is 0 Å².